The maximum atomic E-state index is 13.6. The molecule has 3 aromatic carbocycles. The molecule has 7 rings (SSSR count). The van der Waals surface area contributed by atoms with Gasteiger partial charge < -0.3 is 30.7 Å². The second kappa shape index (κ2) is 18.6. The van der Waals surface area contributed by atoms with Gasteiger partial charge in [0.2, 0.25) is 0 Å². The number of carbonyl (C=O) groups excluding carboxylic acids is 2. The average Bonchev–Trinajstić information content (AvgIpc) is 3.49. The minimum Gasteiger partial charge on any atom is -0.497 e. The zero-order valence-electron chi connectivity index (χ0n) is 32.8. The number of carbonyl (C=O) groups is 2. The maximum Gasteiger partial charge on any atom is 0.251 e. The van der Waals surface area contributed by atoms with Crippen LogP contribution in [0.2, 0.25) is 0 Å². The Morgan fingerprint density at radius 3 is 2.43 bits per heavy atom. The van der Waals surface area contributed by atoms with Crippen molar-refractivity contribution >= 4 is 28.5 Å². The molecule has 294 valence electrons. The number of anilines is 1. The summed E-state index contributed by atoms with van der Waals surface area (Å²) in [6.45, 7) is 12.0. The largest absolute Gasteiger partial charge is 0.497 e. The molecule has 0 radical (unpaired) electrons. The summed E-state index contributed by atoms with van der Waals surface area (Å²) in [5, 5.41) is 19.0. The lowest BCUT2D eigenvalue weighted by atomic mass is 10.00. The Morgan fingerprint density at radius 1 is 0.893 bits per heavy atom. The van der Waals surface area contributed by atoms with E-state index in [4.69, 9.17) is 14.5 Å². The van der Waals surface area contributed by atoms with Gasteiger partial charge in [-0.2, -0.15) is 5.10 Å². The van der Waals surface area contributed by atoms with Gasteiger partial charge in [-0.1, -0.05) is 31.2 Å². The molecule has 12 heteroatoms. The summed E-state index contributed by atoms with van der Waals surface area (Å²) in [7, 11) is 1.66. The summed E-state index contributed by atoms with van der Waals surface area (Å²) < 4.78 is 13.2. The molecule has 4 N–H and O–H groups in total. The van der Waals surface area contributed by atoms with Crippen molar-refractivity contribution < 1.29 is 19.1 Å². The third-order valence-electron chi connectivity index (χ3n) is 10.7. The van der Waals surface area contributed by atoms with Gasteiger partial charge in [0.25, 0.3) is 11.8 Å². The van der Waals surface area contributed by atoms with Gasteiger partial charge in [-0.25, -0.2) is 9.67 Å². The van der Waals surface area contributed by atoms with E-state index in [9.17, 15) is 9.59 Å². The number of aromatic nitrogens is 3. The van der Waals surface area contributed by atoms with E-state index in [0.717, 1.165) is 102 Å². The summed E-state index contributed by atoms with van der Waals surface area (Å²) in [6, 6.07) is 21.8. The van der Waals surface area contributed by atoms with Gasteiger partial charge in [-0.3, -0.25) is 14.5 Å². The SMILES string of the molecule is CCc1nc2c(cnn2CC)c(NC2CCOCC2)c1CNC(=O)c1cccc(C(=O)NCc2cc(OC)cc(-c3cccc(CN4CCCNCC4)c3)c2)c1. The minimum absolute atomic E-state index is 0.251. The van der Waals surface area contributed by atoms with Crippen LogP contribution >= 0.6 is 0 Å². The van der Waals surface area contributed by atoms with E-state index in [1.54, 1.807) is 31.4 Å². The molecule has 56 heavy (non-hydrogen) atoms. The molecule has 0 spiro atoms. The van der Waals surface area contributed by atoms with Crippen molar-refractivity contribution in [2.24, 2.45) is 0 Å². The van der Waals surface area contributed by atoms with E-state index in [0.29, 0.717) is 43.9 Å². The van der Waals surface area contributed by atoms with Crippen LogP contribution in [0, 0.1) is 0 Å². The first kappa shape index (κ1) is 39.0. The minimum atomic E-state index is -0.268. The third-order valence-corrected chi connectivity index (χ3v) is 10.7. The van der Waals surface area contributed by atoms with Gasteiger partial charge in [0.15, 0.2) is 5.65 Å². The molecule has 0 bridgehead atoms. The lowest BCUT2D eigenvalue weighted by Crippen LogP contribution is -2.30. The molecule has 2 fully saturated rings. The fraction of sp³-hybridized carbons (Fsp3) is 0.409. The van der Waals surface area contributed by atoms with Crippen molar-refractivity contribution in [3.63, 3.8) is 0 Å². The molecule has 2 aliphatic heterocycles. The topological polar surface area (TPSA) is 135 Å². The number of methoxy groups -OCH3 is 1. The Morgan fingerprint density at radius 2 is 1.66 bits per heavy atom. The second-order valence-electron chi connectivity index (χ2n) is 14.6. The highest BCUT2D eigenvalue weighted by molar-refractivity contribution is 6.00. The van der Waals surface area contributed by atoms with Crippen molar-refractivity contribution in [1.29, 1.82) is 0 Å². The fourth-order valence-corrected chi connectivity index (χ4v) is 7.67. The molecule has 0 aliphatic carbocycles. The number of fused-ring (bicyclic) bond motifs is 1. The molecule has 0 atom stereocenters. The summed E-state index contributed by atoms with van der Waals surface area (Å²) in [5.41, 5.74) is 8.78. The van der Waals surface area contributed by atoms with E-state index in [-0.39, 0.29) is 24.4 Å². The van der Waals surface area contributed by atoms with Gasteiger partial charge in [0.1, 0.15) is 5.75 Å². The molecule has 2 amide bonds. The predicted molar refractivity (Wildman–Crippen MR) is 220 cm³/mol. The van der Waals surface area contributed by atoms with Crippen molar-refractivity contribution in [3.8, 4) is 16.9 Å². The van der Waals surface area contributed by atoms with Crippen LogP contribution in [0.15, 0.2) is 72.9 Å². The molecule has 5 aromatic rings. The van der Waals surface area contributed by atoms with Crippen LogP contribution in [0.5, 0.6) is 5.75 Å². The van der Waals surface area contributed by atoms with Crippen molar-refractivity contribution in [2.45, 2.75) is 71.8 Å². The van der Waals surface area contributed by atoms with Crippen LogP contribution in [-0.2, 0) is 37.3 Å². The van der Waals surface area contributed by atoms with Crippen LogP contribution in [0.3, 0.4) is 0 Å². The number of nitrogens with zero attached hydrogens (tertiary/aromatic N) is 4. The first-order chi connectivity index (χ1) is 27.4. The van der Waals surface area contributed by atoms with E-state index in [1.165, 1.54) is 5.56 Å². The molecular weight excluding hydrogens is 705 g/mol. The van der Waals surface area contributed by atoms with Crippen LogP contribution in [0.4, 0.5) is 5.69 Å². The van der Waals surface area contributed by atoms with E-state index in [2.05, 4.69) is 75.4 Å². The summed E-state index contributed by atoms with van der Waals surface area (Å²) >= 11 is 0. The third kappa shape index (κ3) is 9.38. The standard InChI is InChI=1S/C44H54N8O4/c1-4-40-38(41(49-36-13-19-56-20-14-36)39-28-48-52(5-2)42(39)50-40)27-47-44(54)34-12-7-11-33(24-34)43(53)46-26-31-22-35(25-37(23-31)55-3)32-10-6-9-30(21-32)29-51-17-8-15-45-16-18-51/h6-7,9-12,21-25,28,36,45H,4-5,8,13-20,26-27,29H2,1-3H3,(H,46,53)(H,47,54)(H,49,50). The average molecular weight is 759 g/mol. The number of rotatable bonds is 14. The Hall–Kier alpha value is -5.30. The van der Waals surface area contributed by atoms with Crippen LogP contribution in [0.1, 0.15) is 76.2 Å². The zero-order valence-corrected chi connectivity index (χ0v) is 32.8. The first-order valence-corrected chi connectivity index (χ1v) is 20.0. The highest BCUT2D eigenvalue weighted by atomic mass is 16.5. The maximum absolute atomic E-state index is 13.6. The van der Waals surface area contributed by atoms with Crippen LogP contribution in [-0.4, -0.2) is 84.0 Å². The fourth-order valence-electron chi connectivity index (χ4n) is 7.67. The van der Waals surface area contributed by atoms with Crippen molar-refractivity contribution in [1.82, 2.24) is 35.6 Å². The Kier molecular flexibility index (Phi) is 12.9. The van der Waals surface area contributed by atoms with Gasteiger partial charge in [0.05, 0.1) is 24.4 Å². The lowest BCUT2D eigenvalue weighted by Gasteiger charge is -2.26. The quantitative estimate of drug-likeness (QED) is 0.109. The van der Waals surface area contributed by atoms with Crippen LogP contribution in [0.25, 0.3) is 22.2 Å². The number of pyridine rings is 1. The summed E-state index contributed by atoms with van der Waals surface area (Å²) in [5.74, 6) is 0.187. The second-order valence-corrected chi connectivity index (χ2v) is 14.6. The number of ether oxygens (including phenoxy) is 2. The number of amides is 2. The smallest absolute Gasteiger partial charge is 0.251 e. The van der Waals surface area contributed by atoms with Gasteiger partial charge in [-0.15, -0.1) is 0 Å². The van der Waals surface area contributed by atoms with Gasteiger partial charge in [0, 0.05) is 80.9 Å². The number of benzene rings is 3. The highest BCUT2D eigenvalue weighted by Gasteiger charge is 2.22. The monoisotopic (exact) mass is 758 g/mol. The predicted octanol–water partition coefficient (Wildman–Crippen LogP) is 5.94. The Bertz CT molecular complexity index is 2140. The highest BCUT2D eigenvalue weighted by Crippen LogP contribution is 2.32. The zero-order chi connectivity index (χ0) is 38.9. The number of hydrogen-bond acceptors (Lipinski definition) is 9. The molecular formula is C44H54N8O4. The van der Waals surface area contributed by atoms with Crippen LogP contribution < -0.4 is 26.0 Å². The molecule has 0 unspecified atom stereocenters. The number of hydrogen-bond donors (Lipinski definition) is 4. The first-order valence-electron chi connectivity index (χ1n) is 20.0. The van der Waals surface area contributed by atoms with Gasteiger partial charge in [-0.05, 0) is 110 Å². The van der Waals surface area contributed by atoms with E-state index < -0.39 is 0 Å². The Labute approximate surface area is 329 Å². The van der Waals surface area contributed by atoms with Crippen molar-refractivity contribution in [3.05, 3.63) is 106 Å². The molecule has 0 saturated carbocycles. The van der Waals surface area contributed by atoms with Gasteiger partial charge >= 0.3 is 0 Å². The summed E-state index contributed by atoms with van der Waals surface area (Å²) in [6.07, 6.45) is 5.52. The molecule has 2 aromatic heterocycles. The Balaban J connectivity index is 1.03. The molecule has 12 nitrogen and oxygen atoms in total. The molecule has 2 aliphatic rings. The molecule has 4 heterocycles. The number of aryl methyl sites for hydroxylation is 2. The van der Waals surface area contributed by atoms with Crippen molar-refractivity contribution in [2.75, 3.05) is 51.8 Å². The normalized spacial score (nSPS) is 15.3. The van der Waals surface area contributed by atoms with E-state index >= 15 is 0 Å². The summed E-state index contributed by atoms with van der Waals surface area (Å²) in [4.78, 5) is 34.6. The molecule has 2 saturated heterocycles. The number of nitrogens with one attached hydrogen (secondary N) is 4. The lowest BCUT2D eigenvalue weighted by molar-refractivity contribution is 0.0904. The van der Waals surface area contributed by atoms with E-state index in [1.807, 2.05) is 23.0 Å².